The van der Waals surface area contributed by atoms with Crippen molar-refractivity contribution >= 4 is 87.7 Å². The van der Waals surface area contributed by atoms with E-state index in [1.807, 2.05) is 67.5 Å². The van der Waals surface area contributed by atoms with E-state index in [0.29, 0.717) is 42.7 Å². The van der Waals surface area contributed by atoms with Crippen LogP contribution in [-0.2, 0) is 59.0 Å². The normalized spacial score (nSPS) is 16.2. The summed E-state index contributed by atoms with van der Waals surface area (Å²) in [5.74, 6) is -5.04. The molecule has 1 fully saturated rings. The van der Waals surface area contributed by atoms with Crippen molar-refractivity contribution in [2.75, 3.05) is 59.0 Å². The number of aromatic hydroxyl groups is 1. The number of nitrogens with one attached hydrogen (secondary N) is 4. The van der Waals surface area contributed by atoms with Gasteiger partial charge in [0.05, 0.1) is 35.7 Å². The number of hydrogen-bond acceptors (Lipinski definition) is 17. The zero-order valence-corrected chi connectivity index (χ0v) is 51.7. The Morgan fingerprint density at radius 3 is 2.25 bits per heavy atom. The number of likely N-dealkylation sites (tertiary alicyclic amines) is 1. The van der Waals surface area contributed by atoms with Crippen molar-refractivity contribution in [2.45, 2.75) is 175 Å². The molecule has 1 aliphatic rings. The van der Waals surface area contributed by atoms with Crippen LogP contribution < -0.4 is 21.3 Å². The van der Waals surface area contributed by atoms with Crippen LogP contribution in [0.5, 0.6) is 5.75 Å². The van der Waals surface area contributed by atoms with Crippen LogP contribution in [0, 0.1) is 23.7 Å². The molecule has 1 unspecified atom stereocenters. The molecule has 1 aliphatic heterocycles. The lowest BCUT2D eigenvalue weighted by molar-refractivity contribution is -0.150. The number of thiazole rings is 1. The Bertz CT molecular complexity index is 2500. The van der Waals surface area contributed by atoms with E-state index in [1.54, 1.807) is 42.6 Å². The van der Waals surface area contributed by atoms with E-state index in [9.17, 15) is 53.1 Å². The summed E-state index contributed by atoms with van der Waals surface area (Å²) in [6.45, 7) is 18.5. The van der Waals surface area contributed by atoms with E-state index in [-0.39, 0.29) is 134 Å². The summed E-state index contributed by atoms with van der Waals surface area (Å²) in [7, 11) is 5.40. The number of anilines is 1. The zero-order valence-electron chi connectivity index (χ0n) is 50.1. The smallest absolute Gasteiger partial charge is 0.303 e. The average Bonchev–Trinajstić information content (AvgIpc) is 4.07. The van der Waals surface area contributed by atoms with Crippen LogP contribution in [0.3, 0.4) is 0 Å². The minimum Gasteiger partial charge on any atom is -0.506 e. The Labute approximate surface area is 486 Å². The Balaban J connectivity index is 1.55. The number of phenolic OH excluding ortho intramolecular Hbond substituents is 1. The van der Waals surface area contributed by atoms with Crippen LogP contribution in [0.4, 0.5) is 5.69 Å². The van der Waals surface area contributed by atoms with Crippen molar-refractivity contribution in [1.82, 2.24) is 35.6 Å². The largest absolute Gasteiger partial charge is 0.506 e. The van der Waals surface area contributed by atoms with Crippen molar-refractivity contribution in [1.29, 1.82) is 0 Å². The molecule has 2 heterocycles. The van der Waals surface area contributed by atoms with Gasteiger partial charge in [-0.05, 0) is 89.9 Å². The summed E-state index contributed by atoms with van der Waals surface area (Å²) >= 11 is 2.50. The third kappa shape index (κ3) is 21.5. The van der Waals surface area contributed by atoms with Gasteiger partial charge in [-0.3, -0.25) is 57.7 Å². The number of carbonyl (C=O) groups is 10. The van der Waals surface area contributed by atoms with Crippen molar-refractivity contribution in [3.63, 3.8) is 0 Å². The molecule has 452 valence electrons. The molecule has 3 rings (SSSR count). The lowest BCUT2D eigenvalue weighted by atomic mass is 9.81. The van der Waals surface area contributed by atoms with Crippen molar-refractivity contribution in [3.05, 3.63) is 39.8 Å². The third-order valence-corrected chi connectivity index (χ3v) is 17.0. The number of imide groups is 1. The Kier molecular flexibility index (Phi) is 28.6. The molecule has 21 nitrogen and oxygen atoms in total. The molecule has 0 spiro atoms. The van der Waals surface area contributed by atoms with Crippen molar-refractivity contribution in [3.8, 4) is 5.75 Å². The fourth-order valence-electron chi connectivity index (χ4n) is 9.21. The van der Waals surface area contributed by atoms with Gasteiger partial charge in [0, 0.05) is 94.9 Å². The number of benzene rings is 1. The molecule has 1 aromatic heterocycles. The highest BCUT2D eigenvalue weighted by Crippen LogP contribution is 2.34. The Morgan fingerprint density at radius 2 is 1.64 bits per heavy atom. The van der Waals surface area contributed by atoms with Crippen LogP contribution in [0.1, 0.15) is 161 Å². The second kappa shape index (κ2) is 33.4. The summed E-state index contributed by atoms with van der Waals surface area (Å²) in [5, 5.41) is 23.5. The number of thioether (sulfide) groups is 1. The molecule has 1 saturated heterocycles. The van der Waals surface area contributed by atoms with Gasteiger partial charge in [-0.1, -0.05) is 60.5 Å². The Hall–Kier alpha value is -5.78. The molecule has 0 aliphatic carbocycles. The van der Waals surface area contributed by atoms with E-state index in [4.69, 9.17) is 9.47 Å². The van der Waals surface area contributed by atoms with Gasteiger partial charge in [0.2, 0.25) is 35.4 Å². The Morgan fingerprint density at radius 1 is 0.951 bits per heavy atom. The second-order valence-corrected chi connectivity index (χ2v) is 24.2. The van der Waals surface area contributed by atoms with Crippen molar-refractivity contribution < 1.29 is 62.5 Å². The number of ether oxygens (including phenoxy) is 2. The molecule has 0 radical (unpaired) electrons. The number of aromatic nitrogens is 1. The first-order valence-corrected chi connectivity index (χ1v) is 30.3. The standard InChI is InChI=1S/C58H90N8O13S2/c1-15-18-40(61-54(75)43-33-81-55(63-43)47(79-38(8)67)31-44(34(3)4)65(13)56(76)41(35(5)16-2)30-49(70)58(9,10)64(11)12)28-39-20-21-45(68)42(29-39)62-53(74)36(6)27-46(69)37(7)60-51(72)22-25-78-26-23-59-50(71)19-17-24-66-52(73)32-48(80-14)57(66)77/h20-21,29,33-37,40-41,44,47-48,68H,15-19,22-28,30-32H2,1-14H3,(H,59,71)(H,60,72)(H,61,75)(H,62,74)/t35-,36+,37-,40+,41-,44+,47+,48?/m0/s1. The quantitative estimate of drug-likeness (QED) is 0.0218. The van der Waals surface area contributed by atoms with Gasteiger partial charge < -0.3 is 40.7 Å². The van der Waals surface area contributed by atoms with Crippen LogP contribution >= 0.6 is 23.1 Å². The number of ketones is 2. The third-order valence-electron chi connectivity index (χ3n) is 15.2. The number of amides is 7. The molecule has 8 atom stereocenters. The molecule has 81 heavy (non-hydrogen) atoms. The fraction of sp³-hybridized carbons (Fsp3) is 0.672. The summed E-state index contributed by atoms with van der Waals surface area (Å²) in [6, 6.07) is 3.00. The van der Waals surface area contributed by atoms with Gasteiger partial charge in [-0.2, -0.15) is 11.8 Å². The number of phenols is 1. The maximum atomic E-state index is 14.3. The minimum atomic E-state index is -0.904. The highest BCUT2D eigenvalue weighted by molar-refractivity contribution is 8.00. The molecule has 0 saturated carbocycles. The number of Topliss-reactive ketones (excluding diaryl/α,β-unsaturated/α-hetero) is 2. The molecule has 0 bridgehead atoms. The van der Waals surface area contributed by atoms with Gasteiger partial charge in [-0.15, -0.1) is 11.3 Å². The average molecular weight is 1170 g/mol. The maximum absolute atomic E-state index is 14.3. The van der Waals surface area contributed by atoms with Gasteiger partial charge in [0.25, 0.3) is 5.91 Å². The fourth-order valence-corrected chi connectivity index (χ4v) is 10.7. The molecule has 2 aromatic rings. The zero-order chi connectivity index (χ0) is 60.9. The van der Waals surface area contributed by atoms with Crippen LogP contribution in [0.15, 0.2) is 23.6 Å². The summed E-state index contributed by atoms with van der Waals surface area (Å²) in [6.07, 6.45) is 3.88. The van der Waals surface area contributed by atoms with E-state index < -0.39 is 65.3 Å². The minimum absolute atomic E-state index is 0.0320. The number of esters is 1. The lowest BCUT2D eigenvalue weighted by Gasteiger charge is -2.38. The monoisotopic (exact) mass is 1170 g/mol. The number of carbonyl (C=O) groups excluding carboxylic acids is 10. The summed E-state index contributed by atoms with van der Waals surface area (Å²) in [5.41, 5.74) is 0.153. The first kappa shape index (κ1) is 69.5. The molecular formula is C58H90N8O13S2. The van der Waals surface area contributed by atoms with Gasteiger partial charge in [-0.25, -0.2) is 4.98 Å². The number of hydrogen-bond donors (Lipinski definition) is 5. The highest BCUT2D eigenvalue weighted by Gasteiger charge is 2.40. The molecule has 7 amide bonds. The van der Waals surface area contributed by atoms with Gasteiger partial charge in [0.15, 0.2) is 17.7 Å². The lowest BCUT2D eigenvalue weighted by Crippen LogP contribution is -2.50. The van der Waals surface area contributed by atoms with E-state index >= 15 is 0 Å². The van der Waals surface area contributed by atoms with E-state index in [2.05, 4.69) is 26.3 Å². The topological polar surface area (TPSA) is 280 Å². The summed E-state index contributed by atoms with van der Waals surface area (Å²) < 4.78 is 11.3. The van der Waals surface area contributed by atoms with Gasteiger partial charge in [0.1, 0.15) is 16.5 Å². The maximum Gasteiger partial charge on any atom is 0.303 e. The molecule has 1 aromatic carbocycles. The predicted octanol–water partition coefficient (Wildman–Crippen LogP) is 6.26. The predicted molar refractivity (Wildman–Crippen MR) is 312 cm³/mol. The molecular weight excluding hydrogens is 1080 g/mol. The SMILES string of the molecule is CCC[C@H](Cc1ccc(O)c(NC(=O)[C@H](C)CC(=O)[C@H](C)NC(=O)CCOCCNC(=O)CCCN2C(=O)CC(SC)C2=O)c1)NC(=O)c1csc([C@@H](C[C@H](C(C)C)N(C)C(=O)[C@@H](CC(=O)C(C)(C)N(C)C)[C@@H](C)CC)OC(C)=O)n1. The molecule has 23 heteroatoms. The summed E-state index contributed by atoms with van der Waals surface area (Å²) in [4.78, 5) is 139. The first-order valence-electron chi connectivity index (χ1n) is 28.1. The number of likely N-dealkylation sites (N-methyl/N-ethyl adjacent to an activating group) is 1. The number of rotatable bonds is 36. The first-order chi connectivity index (χ1) is 38.1. The van der Waals surface area contributed by atoms with E-state index in [1.165, 1.54) is 47.9 Å². The number of nitrogens with zero attached hydrogens (tertiary/aromatic N) is 4. The van der Waals surface area contributed by atoms with Crippen LogP contribution in [0.25, 0.3) is 0 Å². The van der Waals surface area contributed by atoms with Crippen LogP contribution in [-0.4, -0.2) is 166 Å². The van der Waals surface area contributed by atoms with Gasteiger partial charge >= 0.3 is 5.97 Å². The van der Waals surface area contributed by atoms with Crippen LogP contribution in [0.2, 0.25) is 0 Å². The highest BCUT2D eigenvalue weighted by atomic mass is 32.2. The second-order valence-electron chi connectivity index (χ2n) is 22.2. The molecule has 5 N–H and O–H groups in total. The van der Waals surface area contributed by atoms with Crippen molar-refractivity contribution in [2.24, 2.45) is 23.7 Å². The van der Waals surface area contributed by atoms with E-state index in [0.717, 1.165) is 0 Å².